The highest BCUT2D eigenvalue weighted by Crippen LogP contribution is 1.97. The number of hydrogen-bond donors (Lipinski definition) is 1. The molecule has 6 nitrogen and oxygen atoms in total. The molecule has 0 radical (unpaired) electrons. The first-order valence-electron chi connectivity index (χ1n) is 5.40. The number of hydrogen-bond acceptors (Lipinski definition) is 5. The van der Waals surface area contributed by atoms with E-state index in [0.717, 1.165) is 39.3 Å². The molecule has 1 fully saturated rings. The van der Waals surface area contributed by atoms with Gasteiger partial charge in [-0.05, 0) is 13.0 Å². The Hall–Kier alpha value is -1.14. The number of rotatable bonds is 4. The molecular weight excluding hydrogens is 212 g/mol. The average molecular weight is 230 g/mol. The van der Waals surface area contributed by atoms with E-state index < -0.39 is 11.9 Å². The monoisotopic (exact) mass is 230 g/mol. The lowest BCUT2D eigenvalue weighted by atomic mass is 10.3. The lowest BCUT2D eigenvalue weighted by Gasteiger charge is -2.26. The van der Waals surface area contributed by atoms with Crippen LogP contribution in [0.4, 0.5) is 0 Å². The maximum atomic E-state index is 11.0. The summed E-state index contributed by atoms with van der Waals surface area (Å²) < 4.78 is 9.50. The van der Waals surface area contributed by atoms with Crippen molar-refractivity contribution in [1.82, 2.24) is 10.2 Å². The van der Waals surface area contributed by atoms with Crippen molar-refractivity contribution in [2.24, 2.45) is 0 Å². The van der Waals surface area contributed by atoms with Crippen molar-refractivity contribution in [3.05, 3.63) is 0 Å². The van der Waals surface area contributed by atoms with Gasteiger partial charge >= 0.3 is 11.9 Å². The molecule has 16 heavy (non-hydrogen) atoms. The molecular formula is C10H18N2O4. The van der Waals surface area contributed by atoms with Crippen LogP contribution in [0.5, 0.6) is 0 Å². The first kappa shape index (κ1) is 12.9. The lowest BCUT2D eigenvalue weighted by molar-refractivity contribution is -0.152. The van der Waals surface area contributed by atoms with Gasteiger partial charge in [0.05, 0.1) is 20.3 Å². The minimum absolute atomic E-state index is 0.491. The van der Waals surface area contributed by atoms with Crippen molar-refractivity contribution in [3.8, 4) is 0 Å². The van der Waals surface area contributed by atoms with Gasteiger partial charge in [-0.25, -0.2) is 4.79 Å². The van der Waals surface area contributed by atoms with Gasteiger partial charge < -0.3 is 14.8 Å². The molecule has 0 unspecified atom stereocenters. The Labute approximate surface area is 94.9 Å². The fourth-order valence-electron chi connectivity index (χ4n) is 1.49. The van der Waals surface area contributed by atoms with E-state index in [9.17, 15) is 9.59 Å². The van der Waals surface area contributed by atoms with E-state index in [-0.39, 0.29) is 0 Å². The zero-order valence-corrected chi connectivity index (χ0v) is 9.53. The Morgan fingerprint density at radius 2 is 2.06 bits per heavy atom. The molecule has 92 valence electrons. The largest absolute Gasteiger partial charge is 0.462 e. The second kappa shape index (κ2) is 7.19. The van der Waals surface area contributed by atoms with Gasteiger partial charge in [0.2, 0.25) is 0 Å². The number of amides is 1. The number of ether oxygens (including phenoxy) is 2. The predicted octanol–water partition coefficient (Wildman–Crippen LogP) is -1.00. The molecule has 0 aromatic carbocycles. The topological polar surface area (TPSA) is 67.9 Å². The van der Waals surface area contributed by atoms with Crippen molar-refractivity contribution in [2.45, 2.75) is 6.42 Å². The summed E-state index contributed by atoms with van der Waals surface area (Å²) in [7, 11) is 1.19. The number of nitrogens with zero attached hydrogens (tertiary/aromatic N) is 1. The van der Waals surface area contributed by atoms with Gasteiger partial charge in [-0.15, -0.1) is 0 Å². The summed E-state index contributed by atoms with van der Waals surface area (Å²) in [5.41, 5.74) is 0. The maximum absolute atomic E-state index is 11.0. The molecule has 0 bridgehead atoms. The Morgan fingerprint density at radius 3 is 2.69 bits per heavy atom. The second-order valence-electron chi connectivity index (χ2n) is 3.56. The first-order chi connectivity index (χ1) is 7.74. The number of nitrogens with one attached hydrogen (secondary N) is 1. The van der Waals surface area contributed by atoms with Crippen LogP contribution >= 0.6 is 0 Å². The van der Waals surface area contributed by atoms with Crippen LogP contribution in [0, 0.1) is 0 Å². The third kappa shape index (κ3) is 4.59. The fraction of sp³-hybridized carbons (Fsp3) is 0.800. The van der Waals surface area contributed by atoms with E-state index in [4.69, 9.17) is 4.74 Å². The van der Waals surface area contributed by atoms with E-state index in [1.54, 1.807) is 0 Å². The Balaban J connectivity index is 2.02. The van der Waals surface area contributed by atoms with E-state index >= 15 is 0 Å². The fourth-order valence-corrected chi connectivity index (χ4v) is 1.49. The summed E-state index contributed by atoms with van der Waals surface area (Å²) in [6.07, 6.45) is 0.822. The zero-order chi connectivity index (χ0) is 11.8. The molecule has 1 heterocycles. The molecule has 0 atom stereocenters. The third-order valence-electron chi connectivity index (χ3n) is 2.41. The number of carbonyl (C=O) groups excluding carboxylic acids is 2. The van der Waals surface area contributed by atoms with Gasteiger partial charge in [-0.2, -0.15) is 0 Å². The van der Waals surface area contributed by atoms with E-state index in [2.05, 4.69) is 15.0 Å². The van der Waals surface area contributed by atoms with E-state index in [1.807, 2.05) is 0 Å². The average Bonchev–Trinajstić information content (AvgIpc) is 2.34. The molecule has 0 aliphatic carbocycles. The Bertz CT molecular complexity index is 239. The smallest absolute Gasteiger partial charge is 0.396 e. The van der Waals surface area contributed by atoms with Gasteiger partial charge in [0.25, 0.3) is 0 Å². The highest BCUT2D eigenvalue weighted by molar-refractivity contribution is 6.32. The van der Waals surface area contributed by atoms with Crippen LogP contribution in [0.25, 0.3) is 0 Å². The van der Waals surface area contributed by atoms with Gasteiger partial charge in [0, 0.05) is 19.6 Å². The summed E-state index contributed by atoms with van der Waals surface area (Å²) in [4.78, 5) is 24.0. The van der Waals surface area contributed by atoms with Crippen molar-refractivity contribution in [3.63, 3.8) is 0 Å². The maximum Gasteiger partial charge on any atom is 0.396 e. The van der Waals surface area contributed by atoms with Crippen LogP contribution in [-0.4, -0.2) is 63.3 Å². The minimum atomic E-state index is -0.841. The number of esters is 1. The number of carbonyl (C=O) groups is 2. The zero-order valence-electron chi connectivity index (χ0n) is 9.53. The highest BCUT2D eigenvalue weighted by Gasteiger charge is 2.13. The van der Waals surface area contributed by atoms with E-state index in [1.165, 1.54) is 7.11 Å². The van der Waals surface area contributed by atoms with Gasteiger partial charge in [0.15, 0.2) is 0 Å². The Kier molecular flexibility index (Phi) is 5.81. The van der Waals surface area contributed by atoms with Gasteiger partial charge in [0.1, 0.15) is 0 Å². The SMILES string of the molecule is COC(=O)C(=O)NCCCN1CCOCC1. The highest BCUT2D eigenvalue weighted by atomic mass is 16.5. The van der Waals surface area contributed by atoms with Crippen LogP contribution in [-0.2, 0) is 19.1 Å². The van der Waals surface area contributed by atoms with Crippen molar-refractivity contribution < 1.29 is 19.1 Å². The summed E-state index contributed by atoms with van der Waals surface area (Å²) in [6, 6.07) is 0. The van der Waals surface area contributed by atoms with Gasteiger partial charge in [-0.1, -0.05) is 0 Å². The molecule has 1 aliphatic heterocycles. The van der Waals surface area contributed by atoms with Crippen LogP contribution < -0.4 is 5.32 Å². The summed E-state index contributed by atoms with van der Waals surface area (Å²) in [6.45, 7) is 4.81. The number of morpholine rings is 1. The van der Waals surface area contributed by atoms with Crippen LogP contribution in [0.2, 0.25) is 0 Å². The number of methoxy groups -OCH3 is 1. The van der Waals surface area contributed by atoms with Crippen LogP contribution in [0.3, 0.4) is 0 Å². The van der Waals surface area contributed by atoms with Crippen molar-refractivity contribution >= 4 is 11.9 Å². The second-order valence-corrected chi connectivity index (χ2v) is 3.56. The molecule has 0 aromatic rings. The standard InChI is InChI=1S/C10H18N2O4/c1-15-10(14)9(13)11-3-2-4-12-5-7-16-8-6-12/h2-8H2,1H3,(H,11,13). The molecule has 1 saturated heterocycles. The molecule has 1 amide bonds. The Morgan fingerprint density at radius 1 is 1.38 bits per heavy atom. The molecule has 1 rings (SSSR count). The summed E-state index contributed by atoms with van der Waals surface area (Å²) in [5, 5.41) is 2.50. The normalized spacial score (nSPS) is 16.8. The molecule has 1 N–H and O–H groups in total. The van der Waals surface area contributed by atoms with Gasteiger partial charge in [-0.3, -0.25) is 9.69 Å². The van der Waals surface area contributed by atoms with Crippen LogP contribution in [0.15, 0.2) is 0 Å². The molecule has 0 spiro atoms. The molecule has 0 aromatic heterocycles. The lowest BCUT2D eigenvalue weighted by Crippen LogP contribution is -2.39. The van der Waals surface area contributed by atoms with Crippen molar-refractivity contribution in [1.29, 1.82) is 0 Å². The predicted molar refractivity (Wildman–Crippen MR) is 56.9 cm³/mol. The van der Waals surface area contributed by atoms with Crippen LogP contribution in [0.1, 0.15) is 6.42 Å². The first-order valence-corrected chi connectivity index (χ1v) is 5.40. The third-order valence-corrected chi connectivity index (χ3v) is 2.41. The molecule has 6 heteroatoms. The minimum Gasteiger partial charge on any atom is -0.462 e. The van der Waals surface area contributed by atoms with Crippen molar-refractivity contribution in [2.75, 3.05) is 46.5 Å². The molecule has 1 aliphatic rings. The van der Waals surface area contributed by atoms with E-state index in [0.29, 0.717) is 6.54 Å². The summed E-state index contributed by atoms with van der Waals surface area (Å²) >= 11 is 0. The molecule has 0 saturated carbocycles. The summed E-state index contributed by atoms with van der Waals surface area (Å²) in [5.74, 6) is -1.52. The quantitative estimate of drug-likeness (QED) is 0.381.